The number of carbonyl (C=O) groups excluding carboxylic acids is 2. The molecule has 7 heteroatoms. The molecule has 1 N–H and O–H groups in total. The van der Waals surface area contributed by atoms with E-state index in [2.05, 4.69) is 11.4 Å². The SMILES string of the molecule is CC(C)CC(OC(=O)N1CCc2ccccc2C1)C(=O)NC(C#N)COCc1ccccc1. The first kappa shape index (κ1) is 24.3. The van der Waals surface area contributed by atoms with Crippen molar-refractivity contribution in [1.29, 1.82) is 5.26 Å². The van der Waals surface area contributed by atoms with Crippen molar-refractivity contribution in [3.05, 3.63) is 71.3 Å². The first-order valence-electron chi connectivity index (χ1n) is 11.3. The number of hydrogen-bond acceptors (Lipinski definition) is 5. The van der Waals surface area contributed by atoms with Crippen molar-refractivity contribution >= 4 is 12.0 Å². The van der Waals surface area contributed by atoms with Crippen molar-refractivity contribution in [3.63, 3.8) is 0 Å². The van der Waals surface area contributed by atoms with Crippen molar-refractivity contribution in [2.75, 3.05) is 13.2 Å². The summed E-state index contributed by atoms with van der Waals surface area (Å²) in [4.78, 5) is 27.3. The Balaban J connectivity index is 1.55. The maximum atomic E-state index is 12.9. The average molecular weight is 450 g/mol. The number of hydrogen-bond donors (Lipinski definition) is 1. The van der Waals surface area contributed by atoms with Gasteiger partial charge in [0.25, 0.3) is 5.91 Å². The standard InChI is InChI=1S/C26H31N3O4/c1-19(2)14-24(33-26(31)29-13-12-21-10-6-7-11-22(21)16-29)25(30)28-23(15-27)18-32-17-20-8-4-3-5-9-20/h3-11,19,23-24H,12-14,16-18H2,1-2H3,(H,28,30). The number of fused-ring (bicyclic) bond motifs is 1. The van der Waals surface area contributed by atoms with Crippen LogP contribution in [-0.2, 0) is 33.8 Å². The number of rotatable bonds is 9. The minimum absolute atomic E-state index is 0.0440. The van der Waals surface area contributed by atoms with Gasteiger partial charge in [0.05, 0.1) is 19.3 Å². The van der Waals surface area contributed by atoms with Crippen molar-refractivity contribution in [2.24, 2.45) is 5.92 Å². The van der Waals surface area contributed by atoms with Gasteiger partial charge in [0.15, 0.2) is 6.10 Å². The average Bonchev–Trinajstić information content (AvgIpc) is 2.82. The first-order chi connectivity index (χ1) is 16.0. The zero-order chi connectivity index (χ0) is 23.6. The molecule has 0 fully saturated rings. The molecule has 7 nitrogen and oxygen atoms in total. The largest absolute Gasteiger partial charge is 0.436 e. The van der Waals surface area contributed by atoms with E-state index in [1.165, 1.54) is 5.56 Å². The lowest BCUT2D eigenvalue weighted by molar-refractivity contribution is -0.131. The molecular formula is C26H31N3O4. The Hall–Kier alpha value is -3.37. The summed E-state index contributed by atoms with van der Waals surface area (Å²) >= 11 is 0. The van der Waals surface area contributed by atoms with Gasteiger partial charge in [-0.2, -0.15) is 5.26 Å². The summed E-state index contributed by atoms with van der Waals surface area (Å²) < 4.78 is 11.2. The van der Waals surface area contributed by atoms with Crippen molar-refractivity contribution < 1.29 is 19.1 Å². The molecule has 1 aliphatic rings. The van der Waals surface area contributed by atoms with Crippen LogP contribution < -0.4 is 5.32 Å². The molecule has 0 spiro atoms. The highest BCUT2D eigenvalue weighted by atomic mass is 16.6. The summed E-state index contributed by atoms with van der Waals surface area (Å²) in [6, 6.07) is 18.8. The predicted molar refractivity (Wildman–Crippen MR) is 124 cm³/mol. The third-order valence-corrected chi connectivity index (χ3v) is 5.48. The number of ether oxygens (including phenoxy) is 2. The minimum Gasteiger partial charge on any atom is -0.436 e. The molecule has 2 atom stereocenters. The van der Waals surface area contributed by atoms with E-state index in [4.69, 9.17) is 9.47 Å². The monoisotopic (exact) mass is 449 g/mol. The van der Waals surface area contributed by atoms with Gasteiger partial charge in [0, 0.05) is 13.1 Å². The third kappa shape index (κ3) is 7.33. The van der Waals surface area contributed by atoms with Crippen LogP contribution in [0.1, 0.15) is 37.0 Å². The Morgan fingerprint density at radius 2 is 1.79 bits per heavy atom. The first-order valence-corrected chi connectivity index (χ1v) is 11.3. The summed E-state index contributed by atoms with van der Waals surface area (Å²) in [5, 5.41) is 12.1. The topological polar surface area (TPSA) is 91.7 Å². The molecule has 3 rings (SSSR count). The number of nitriles is 1. The molecular weight excluding hydrogens is 418 g/mol. The summed E-state index contributed by atoms with van der Waals surface area (Å²) in [5.74, 6) is -0.352. The lowest BCUT2D eigenvalue weighted by atomic mass is 10.0. The maximum Gasteiger partial charge on any atom is 0.410 e. The highest BCUT2D eigenvalue weighted by Gasteiger charge is 2.29. The van der Waals surface area contributed by atoms with Crippen molar-refractivity contribution in [3.8, 4) is 6.07 Å². The molecule has 0 aromatic heterocycles. The van der Waals surface area contributed by atoms with Crippen molar-refractivity contribution in [1.82, 2.24) is 10.2 Å². The fourth-order valence-electron chi connectivity index (χ4n) is 3.73. The van der Waals surface area contributed by atoms with Crippen LogP contribution in [0.15, 0.2) is 54.6 Å². The second-order valence-electron chi connectivity index (χ2n) is 8.63. The van der Waals surface area contributed by atoms with E-state index in [1.807, 2.05) is 68.4 Å². The highest BCUT2D eigenvalue weighted by Crippen LogP contribution is 2.20. The molecule has 2 unspecified atom stereocenters. The van der Waals surface area contributed by atoms with Gasteiger partial charge >= 0.3 is 6.09 Å². The second-order valence-corrected chi connectivity index (χ2v) is 8.63. The van der Waals surface area contributed by atoms with Crippen LogP contribution in [0.4, 0.5) is 4.79 Å². The van der Waals surface area contributed by atoms with Crippen LogP contribution in [-0.4, -0.2) is 42.2 Å². The lowest BCUT2D eigenvalue weighted by Gasteiger charge is -2.30. The van der Waals surface area contributed by atoms with Crippen LogP contribution >= 0.6 is 0 Å². The van der Waals surface area contributed by atoms with Gasteiger partial charge in [-0.25, -0.2) is 4.79 Å². The van der Waals surface area contributed by atoms with E-state index in [9.17, 15) is 14.9 Å². The number of nitrogens with zero attached hydrogens (tertiary/aromatic N) is 2. The molecule has 0 aliphatic carbocycles. The van der Waals surface area contributed by atoms with Gasteiger partial charge in [0.1, 0.15) is 6.04 Å². The number of amides is 2. The molecule has 1 aliphatic heterocycles. The van der Waals surface area contributed by atoms with Crippen LogP contribution in [0.5, 0.6) is 0 Å². The van der Waals surface area contributed by atoms with Gasteiger partial charge in [-0.3, -0.25) is 4.79 Å². The Morgan fingerprint density at radius 3 is 2.48 bits per heavy atom. The molecule has 2 aromatic rings. The molecule has 0 saturated heterocycles. The highest BCUT2D eigenvalue weighted by molar-refractivity contribution is 5.84. The van der Waals surface area contributed by atoms with Crippen molar-refractivity contribution in [2.45, 2.75) is 52.0 Å². The number of benzene rings is 2. The number of nitrogens with one attached hydrogen (secondary N) is 1. The zero-order valence-electron chi connectivity index (χ0n) is 19.2. The van der Waals surface area contributed by atoms with Gasteiger partial charge < -0.3 is 19.7 Å². The smallest absolute Gasteiger partial charge is 0.410 e. The quantitative estimate of drug-likeness (QED) is 0.628. The summed E-state index contributed by atoms with van der Waals surface area (Å²) in [6.45, 7) is 5.29. The molecule has 0 bridgehead atoms. The maximum absolute atomic E-state index is 12.9. The van der Waals surface area contributed by atoms with Gasteiger partial charge in [-0.15, -0.1) is 0 Å². The van der Waals surface area contributed by atoms with E-state index >= 15 is 0 Å². The molecule has 2 aromatic carbocycles. The zero-order valence-corrected chi connectivity index (χ0v) is 19.2. The predicted octanol–water partition coefficient (Wildman–Crippen LogP) is 3.82. The Bertz CT molecular complexity index is 971. The number of carbonyl (C=O) groups is 2. The molecule has 2 amide bonds. The van der Waals surface area contributed by atoms with Gasteiger partial charge in [-0.05, 0) is 35.4 Å². The van der Waals surface area contributed by atoms with E-state index in [1.54, 1.807) is 4.90 Å². The molecule has 174 valence electrons. The van der Waals surface area contributed by atoms with E-state index in [0.717, 1.165) is 17.5 Å². The van der Waals surface area contributed by atoms with E-state index < -0.39 is 24.1 Å². The normalized spacial score (nSPS) is 14.7. The van der Waals surface area contributed by atoms with E-state index in [-0.39, 0.29) is 12.5 Å². The summed E-state index contributed by atoms with van der Waals surface area (Å²) in [6.07, 6.45) is -0.370. The fourth-order valence-corrected chi connectivity index (χ4v) is 3.73. The van der Waals surface area contributed by atoms with Crippen LogP contribution in [0.2, 0.25) is 0 Å². The van der Waals surface area contributed by atoms with Gasteiger partial charge in [0.2, 0.25) is 0 Å². The van der Waals surface area contributed by atoms with Gasteiger partial charge in [-0.1, -0.05) is 68.4 Å². The Kier molecular flexibility index (Phi) is 8.85. The van der Waals surface area contributed by atoms with Crippen LogP contribution in [0.3, 0.4) is 0 Å². The van der Waals surface area contributed by atoms with Crippen LogP contribution in [0, 0.1) is 17.2 Å². The lowest BCUT2D eigenvalue weighted by Crippen LogP contribution is -2.47. The molecule has 1 heterocycles. The molecule has 0 radical (unpaired) electrons. The van der Waals surface area contributed by atoms with E-state index in [0.29, 0.717) is 26.1 Å². The Morgan fingerprint density at radius 1 is 1.09 bits per heavy atom. The fraction of sp³-hybridized carbons (Fsp3) is 0.423. The molecule has 33 heavy (non-hydrogen) atoms. The second kappa shape index (κ2) is 12.0. The third-order valence-electron chi connectivity index (χ3n) is 5.48. The minimum atomic E-state index is -0.973. The Labute approximate surface area is 195 Å². The summed E-state index contributed by atoms with van der Waals surface area (Å²) in [7, 11) is 0. The summed E-state index contributed by atoms with van der Waals surface area (Å²) in [5.41, 5.74) is 3.30. The molecule has 0 saturated carbocycles. The van der Waals surface area contributed by atoms with Crippen LogP contribution in [0.25, 0.3) is 0 Å².